The first-order valence-corrected chi connectivity index (χ1v) is 15.0. The van der Waals surface area contributed by atoms with Crippen molar-refractivity contribution in [2.45, 2.75) is 0 Å². The van der Waals surface area contributed by atoms with E-state index in [0.717, 1.165) is 38.3 Å². The van der Waals surface area contributed by atoms with Gasteiger partial charge < -0.3 is 10.7 Å². The topological polar surface area (TPSA) is 41.8 Å². The number of aromatic nitrogens is 1. The predicted octanol–water partition coefficient (Wildman–Crippen LogP) is 11.3. The molecule has 0 saturated carbocycles. The van der Waals surface area contributed by atoms with Gasteiger partial charge in [0.15, 0.2) is 0 Å². The molecule has 0 aliphatic rings. The van der Waals surface area contributed by atoms with Gasteiger partial charge >= 0.3 is 0 Å². The molecule has 2 nitrogen and oxygen atoms in total. The monoisotopic (exact) mass is 562 g/mol. The molecule has 0 unspecified atom stereocenters. The number of nitrogen functional groups attached to an aromatic ring is 1. The van der Waals surface area contributed by atoms with Crippen molar-refractivity contribution in [3.05, 3.63) is 164 Å². The van der Waals surface area contributed by atoms with Gasteiger partial charge in [-0.2, -0.15) is 0 Å². The van der Waals surface area contributed by atoms with Crippen molar-refractivity contribution in [2.24, 2.45) is 0 Å². The number of nitrogens with two attached hydrogens (primary N) is 1. The van der Waals surface area contributed by atoms with Gasteiger partial charge in [-0.05, 0) is 73.6 Å². The van der Waals surface area contributed by atoms with E-state index in [1.807, 2.05) is 12.1 Å². The standard InChI is InChI=1S/C42H30N2/c43-40-24-12-23-39-37-20-10-8-18-35(37)34-17-7-9-19-36(34)38-22-11-21-33(41(38)44-42(39)40)32-26-30(28-13-3-1-4-14-28)25-31(27-32)29-15-5-2-6-16-29/h1-27,44H,43H2. The lowest BCUT2D eigenvalue weighted by Crippen LogP contribution is -1.91. The Kier molecular flexibility index (Phi) is 6.31. The fourth-order valence-electron chi connectivity index (χ4n) is 6.49. The molecule has 0 spiro atoms. The third kappa shape index (κ3) is 4.45. The van der Waals surface area contributed by atoms with Gasteiger partial charge in [0.25, 0.3) is 0 Å². The maximum Gasteiger partial charge on any atom is 0.0698 e. The number of nitrogens with one attached hydrogen (secondary N) is 1. The molecule has 0 fully saturated rings. The molecule has 8 rings (SSSR count). The zero-order chi connectivity index (χ0) is 29.5. The fourth-order valence-corrected chi connectivity index (χ4v) is 6.49. The Hall–Kier alpha value is -5.86. The third-order valence-corrected chi connectivity index (χ3v) is 8.59. The lowest BCUT2D eigenvalue weighted by Gasteiger charge is -2.13. The molecule has 1 aromatic heterocycles. The smallest absolute Gasteiger partial charge is 0.0698 e. The van der Waals surface area contributed by atoms with E-state index >= 15 is 0 Å². The second-order valence-electron chi connectivity index (χ2n) is 11.2. The van der Waals surface area contributed by atoms with E-state index in [1.54, 1.807) is 0 Å². The highest BCUT2D eigenvalue weighted by Gasteiger charge is 2.13. The van der Waals surface area contributed by atoms with Crippen LogP contribution in [0.3, 0.4) is 0 Å². The number of anilines is 1. The third-order valence-electron chi connectivity index (χ3n) is 8.59. The van der Waals surface area contributed by atoms with Crippen molar-refractivity contribution in [3.63, 3.8) is 0 Å². The molecule has 208 valence electrons. The van der Waals surface area contributed by atoms with E-state index in [2.05, 4.69) is 157 Å². The summed E-state index contributed by atoms with van der Waals surface area (Å²) in [7, 11) is 0. The molecule has 0 atom stereocenters. The van der Waals surface area contributed by atoms with Crippen molar-refractivity contribution in [2.75, 3.05) is 5.73 Å². The molecule has 0 radical (unpaired) electrons. The molecular formula is C42H30N2. The minimum atomic E-state index is 0.715. The van der Waals surface area contributed by atoms with E-state index in [9.17, 15) is 0 Å². The summed E-state index contributed by atoms with van der Waals surface area (Å²) in [6, 6.07) is 58.3. The van der Waals surface area contributed by atoms with Gasteiger partial charge in [0, 0.05) is 16.3 Å². The van der Waals surface area contributed by atoms with Crippen LogP contribution in [-0.2, 0) is 0 Å². The zero-order valence-electron chi connectivity index (χ0n) is 24.2. The zero-order valence-corrected chi connectivity index (χ0v) is 24.2. The van der Waals surface area contributed by atoms with Crippen LogP contribution >= 0.6 is 0 Å². The number of para-hydroxylation sites is 2. The number of benzene rings is 7. The minimum absolute atomic E-state index is 0.715. The van der Waals surface area contributed by atoms with Crippen LogP contribution in [0.4, 0.5) is 5.69 Å². The summed E-state index contributed by atoms with van der Waals surface area (Å²) in [5.74, 6) is 0. The SMILES string of the molecule is Nc1cccc2c1[nH]c1c(-c3cc(-c4ccccc4)cc(-c4ccccc4)c3)cccc1c1ccccc1c1ccccc21. The summed E-state index contributed by atoms with van der Waals surface area (Å²) < 4.78 is 0. The van der Waals surface area contributed by atoms with Crippen LogP contribution < -0.4 is 5.73 Å². The minimum Gasteiger partial charge on any atom is -0.397 e. The first-order chi connectivity index (χ1) is 21.7. The Morgan fingerprint density at radius 3 is 1.27 bits per heavy atom. The molecule has 1 heterocycles. The van der Waals surface area contributed by atoms with Crippen LogP contribution in [-0.4, -0.2) is 4.98 Å². The summed E-state index contributed by atoms with van der Waals surface area (Å²) in [6.45, 7) is 0. The first-order valence-electron chi connectivity index (χ1n) is 15.0. The molecule has 3 N–H and O–H groups in total. The predicted molar refractivity (Wildman–Crippen MR) is 189 cm³/mol. The Morgan fingerprint density at radius 2 is 0.727 bits per heavy atom. The van der Waals surface area contributed by atoms with E-state index in [4.69, 9.17) is 5.73 Å². The van der Waals surface area contributed by atoms with Gasteiger partial charge in [0.05, 0.1) is 16.7 Å². The van der Waals surface area contributed by atoms with E-state index < -0.39 is 0 Å². The van der Waals surface area contributed by atoms with Crippen molar-refractivity contribution in [1.29, 1.82) is 0 Å². The molecular weight excluding hydrogens is 532 g/mol. The normalized spacial score (nSPS) is 11.3. The van der Waals surface area contributed by atoms with Gasteiger partial charge in [-0.3, -0.25) is 0 Å². The van der Waals surface area contributed by atoms with Crippen LogP contribution in [0.2, 0.25) is 0 Å². The molecule has 7 aromatic carbocycles. The number of hydrogen-bond acceptors (Lipinski definition) is 1. The van der Waals surface area contributed by atoms with Crippen molar-refractivity contribution < 1.29 is 0 Å². The van der Waals surface area contributed by atoms with Crippen LogP contribution in [0.25, 0.3) is 76.7 Å². The fraction of sp³-hybridized carbons (Fsp3) is 0. The van der Waals surface area contributed by atoms with Gasteiger partial charge in [0.2, 0.25) is 0 Å². The van der Waals surface area contributed by atoms with Crippen LogP contribution in [0, 0.1) is 0 Å². The number of fused-ring (bicyclic) bond motifs is 7. The summed E-state index contributed by atoms with van der Waals surface area (Å²) in [6.07, 6.45) is 0. The highest BCUT2D eigenvalue weighted by Crippen LogP contribution is 2.38. The summed E-state index contributed by atoms with van der Waals surface area (Å²) in [5, 5.41) is 6.94. The van der Waals surface area contributed by atoms with Gasteiger partial charge in [0.1, 0.15) is 0 Å². The Bertz CT molecular complexity index is 2330. The van der Waals surface area contributed by atoms with Gasteiger partial charge in [-0.25, -0.2) is 0 Å². The number of aromatic amines is 1. The molecule has 0 amide bonds. The molecule has 0 aliphatic heterocycles. The molecule has 44 heavy (non-hydrogen) atoms. The first kappa shape index (κ1) is 25.8. The van der Waals surface area contributed by atoms with E-state index in [1.165, 1.54) is 38.4 Å². The van der Waals surface area contributed by atoms with Crippen molar-refractivity contribution in [3.8, 4) is 33.4 Å². The van der Waals surface area contributed by atoms with E-state index in [0.29, 0.717) is 5.69 Å². The summed E-state index contributed by atoms with van der Waals surface area (Å²) in [4.78, 5) is 3.89. The van der Waals surface area contributed by atoms with Crippen molar-refractivity contribution >= 4 is 49.0 Å². The highest BCUT2D eigenvalue weighted by molar-refractivity contribution is 6.21. The van der Waals surface area contributed by atoms with E-state index in [-0.39, 0.29) is 0 Å². The lowest BCUT2D eigenvalue weighted by molar-refractivity contribution is 1.50. The van der Waals surface area contributed by atoms with Crippen LogP contribution in [0.1, 0.15) is 0 Å². The number of hydrogen-bond donors (Lipinski definition) is 2. The summed E-state index contributed by atoms with van der Waals surface area (Å²) >= 11 is 0. The lowest BCUT2D eigenvalue weighted by atomic mass is 9.92. The maximum atomic E-state index is 6.76. The molecule has 8 aromatic rings. The Balaban J connectivity index is 1.57. The Morgan fingerprint density at radius 1 is 0.318 bits per heavy atom. The Labute approximate surface area is 256 Å². The number of rotatable bonds is 3. The maximum absolute atomic E-state index is 6.76. The molecule has 0 saturated heterocycles. The second-order valence-corrected chi connectivity index (χ2v) is 11.2. The second kappa shape index (κ2) is 10.8. The highest BCUT2D eigenvalue weighted by atomic mass is 14.7. The molecule has 2 heteroatoms. The number of H-pyrrole nitrogens is 1. The van der Waals surface area contributed by atoms with Crippen molar-refractivity contribution in [1.82, 2.24) is 4.98 Å². The molecule has 0 aliphatic carbocycles. The largest absolute Gasteiger partial charge is 0.397 e. The quantitative estimate of drug-likeness (QED) is 0.207. The van der Waals surface area contributed by atoms with Gasteiger partial charge in [-0.15, -0.1) is 0 Å². The van der Waals surface area contributed by atoms with Crippen LogP contribution in [0.5, 0.6) is 0 Å². The van der Waals surface area contributed by atoms with Gasteiger partial charge in [-0.1, -0.05) is 140 Å². The van der Waals surface area contributed by atoms with Crippen LogP contribution in [0.15, 0.2) is 164 Å². The molecule has 0 bridgehead atoms. The average Bonchev–Trinajstić information content (AvgIpc) is 3.14. The summed E-state index contributed by atoms with van der Waals surface area (Å²) in [5.41, 5.74) is 16.4. The average molecular weight is 563 g/mol.